The number of nitrogens with zero attached hydrogens (tertiary/aromatic N) is 4. The van der Waals surface area contributed by atoms with Crippen molar-refractivity contribution in [2.75, 3.05) is 51.8 Å². The predicted molar refractivity (Wildman–Crippen MR) is 134 cm³/mol. The van der Waals surface area contributed by atoms with Crippen LogP contribution in [0, 0.1) is 5.92 Å². The Hall–Kier alpha value is -1.66. The van der Waals surface area contributed by atoms with Gasteiger partial charge >= 0.3 is 0 Å². The Balaban J connectivity index is 1.41. The van der Waals surface area contributed by atoms with Crippen molar-refractivity contribution < 1.29 is 22.7 Å². The van der Waals surface area contributed by atoms with Gasteiger partial charge in [-0.15, -0.1) is 0 Å². The molecule has 192 valence electrons. The largest absolute Gasteiger partial charge is 0.378 e. The van der Waals surface area contributed by atoms with E-state index in [1.54, 1.807) is 16.4 Å². The molecule has 2 atom stereocenters. The zero-order valence-electron chi connectivity index (χ0n) is 20.2. The number of ether oxygens (including phenoxy) is 2. The molecule has 0 saturated carbocycles. The Kier molecular flexibility index (Phi) is 7.69. The molecule has 4 heterocycles. The summed E-state index contributed by atoms with van der Waals surface area (Å²) >= 11 is 1.40. The second-order valence-corrected chi connectivity index (χ2v) is 12.6. The quantitative estimate of drug-likeness (QED) is 0.516. The van der Waals surface area contributed by atoms with Crippen molar-refractivity contribution in [3.05, 3.63) is 18.2 Å². The summed E-state index contributed by atoms with van der Waals surface area (Å²) in [4.78, 5) is 19.6. The summed E-state index contributed by atoms with van der Waals surface area (Å²) < 4.78 is 41.6. The SMILES string of the molecule is C[C@@H]1CCCN(S(=O)(=O)c2ccc3c(c2)nc(SCC(=O)N2CCOCC2)n3C[C@@H]2CCCO2)C1. The Morgan fingerprint density at radius 1 is 1.14 bits per heavy atom. The molecule has 3 aliphatic heterocycles. The van der Waals surface area contributed by atoms with Crippen molar-refractivity contribution in [1.29, 1.82) is 0 Å². The third-order valence-corrected chi connectivity index (χ3v) is 9.86. The molecule has 9 nitrogen and oxygen atoms in total. The van der Waals surface area contributed by atoms with E-state index in [0.29, 0.717) is 57.4 Å². The van der Waals surface area contributed by atoms with Crippen LogP contribution in [0.25, 0.3) is 11.0 Å². The fourth-order valence-corrected chi connectivity index (χ4v) is 7.62. The number of imidazole rings is 1. The lowest BCUT2D eigenvalue weighted by Crippen LogP contribution is -2.41. The van der Waals surface area contributed by atoms with E-state index < -0.39 is 10.0 Å². The van der Waals surface area contributed by atoms with Crippen molar-refractivity contribution in [3.63, 3.8) is 0 Å². The van der Waals surface area contributed by atoms with E-state index in [4.69, 9.17) is 14.5 Å². The van der Waals surface area contributed by atoms with Gasteiger partial charge in [-0.05, 0) is 49.8 Å². The van der Waals surface area contributed by atoms with Gasteiger partial charge in [0.1, 0.15) is 0 Å². The normalized spacial score (nSPS) is 24.3. The minimum absolute atomic E-state index is 0.0662. The third kappa shape index (κ3) is 5.53. The number of thioether (sulfide) groups is 1. The number of benzene rings is 1. The van der Waals surface area contributed by atoms with E-state index in [1.807, 2.05) is 11.0 Å². The molecular weight excluding hydrogens is 488 g/mol. The van der Waals surface area contributed by atoms with Gasteiger partial charge in [-0.2, -0.15) is 4.31 Å². The number of rotatable bonds is 7. The lowest BCUT2D eigenvalue weighted by molar-refractivity contribution is -0.132. The number of hydrogen-bond donors (Lipinski definition) is 0. The number of aromatic nitrogens is 2. The lowest BCUT2D eigenvalue weighted by Gasteiger charge is -2.30. The summed E-state index contributed by atoms with van der Waals surface area (Å²) in [6.07, 6.45) is 4.06. The molecule has 1 amide bonds. The van der Waals surface area contributed by atoms with Gasteiger partial charge < -0.3 is 18.9 Å². The molecule has 0 unspecified atom stereocenters. The number of carbonyl (C=O) groups excluding carboxylic acids is 1. The van der Waals surface area contributed by atoms with Crippen LogP contribution in [-0.2, 0) is 30.8 Å². The molecule has 0 N–H and O–H groups in total. The molecule has 3 aliphatic rings. The highest BCUT2D eigenvalue weighted by Gasteiger charge is 2.30. The predicted octanol–water partition coefficient (Wildman–Crippen LogP) is 2.59. The van der Waals surface area contributed by atoms with Crippen molar-refractivity contribution >= 4 is 38.7 Å². The molecule has 3 saturated heterocycles. The first kappa shape index (κ1) is 25.0. The molecule has 0 spiro atoms. The molecule has 0 radical (unpaired) electrons. The maximum atomic E-state index is 13.3. The van der Waals surface area contributed by atoms with Crippen LogP contribution in [0.5, 0.6) is 0 Å². The summed E-state index contributed by atoms with van der Waals surface area (Å²) in [5, 5.41) is 0.721. The summed E-state index contributed by atoms with van der Waals surface area (Å²) in [6.45, 7) is 6.97. The van der Waals surface area contributed by atoms with Gasteiger partial charge in [0.25, 0.3) is 0 Å². The van der Waals surface area contributed by atoms with E-state index in [2.05, 4.69) is 11.5 Å². The molecule has 1 aromatic carbocycles. The van der Waals surface area contributed by atoms with Gasteiger partial charge in [-0.3, -0.25) is 4.79 Å². The monoisotopic (exact) mass is 522 g/mol. The van der Waals surface area contributed by atoms with Crippen LogP contribution in [0.4, 0.5) is 0 Å². The van der Waals surface area contributed by atoms with Gasteiger partial charge in [-0.25, -0.2) is 13.4 Å². The molecule has 0 aliphatic carbocycles. The van der Waals surface area contributed by atoms with Gasteiger partial charge in [0.05, 0.1) is 47.5 Å². The zero-order valence-corrected chi connectivity index (χ0v) is 21.9. The minimum Gasteiger partial charge on any atom is -0.378 e. The number of hydrogen-bond acceptors (Lipinski definition) is 7. The van der Waals surface area contributed by atoms with Crippen LogP contribution in [0.15, 0.2) is 28.3 Å². The zero-order chi connectivity index (χ0) is 24.4. The fourth-order valence-electron chi connectivity index (χ4n) is 5.07. The van der Waals surface area contributed by atoms with Crippen LogP contribution in [0.1, 0.15) is 32.6 Å². The molecule has 35 heavy (non-hydrogen) atoms. The van der Waals surface area contributed by atoms with Gasteiger partial charge in [-0.1, -0.05) is 18.7 Å². The van der Waals surface area contributed by atoms with Crippen LogP contribution < -0.4 is 0 Å². The Morgan fingerprint density at radius 2 is 1.97 bits per heavy atom. The highest BCUT2D eigenvalue weighted by atomic mass is 32.2. The van der Waals surface area contributed by atoms with Crippen molar-refractivity contribution in [2.45, 2.75) is 55.3 Å². The number of amides is 1. The number of sulfonamides is 1. The first-order valence-corrected chi connectivity index (χ1v) is 14.9. The molecule has 0 bridgehead atoms. The summed E-state index contributed by atoms with van der Waals surface area (Å²) in [5.41, 5.74) is 1.50. The van der Waals surface area contributed by atoms with Crippen LogP contribution in [0.2, 0.25) is 0 Å². The minimum atomic E-state index is -3.57. The maximum Gasteiger partial charge on any atom is 0.243 e. The first-order valence-electron chi connectivity index (χ1n) is 12.5. The van der Waals surface area contributed by atoms with E-state index in [-0.39, 0.29) is 22.7 Å². The van der Waals surface area contributed by atoms with Gasteiger partial charge in [0, 0.05) is 32.8 Å². The summed E-state index contributed by atoms with van der Waals surface area (Å²) in [5.74, 6) is 0.711. The number of fused-ring (bicyclic) bond motifs is 1. The van der Waals surface area contributed by atoms with E-state index in [1.165, 1.54) is 11.8 Å². The smallest absolute Gasteiger partial charge is 0.243 e. The lowest BCUT2D eigenvalue weighted by atomic mass is 10.0. The Bertz CT molecular complexity index is 1160. The average molecular weight is 523 g/mol. The standard InChI is InChI=1S/C24H34N4O5S2/c1-18-4-2-8-27(15-18)35(30,31)20-6-7-22-21(14-20)25-24(28(22)16-19-5-3-11-33-19)34-17-23(29)26-9-12-32-13-10-26/h6-7,14,18-19H,2-5,8-13,15-17H2,1H3/t18-,19+/m1/s1. The maximum absolute atomic E-state index is 13.3. The molecule has 3 fully saturated rings. The summed E-state index contributed by atoms with van der Waals surface area (Å²) in [6, 6.07) is 5.23. The van der Waals surface area contributed by atoms with Crippen molar-refractivity contribution in [2.24, 2.45) is 5.92 Å². The van der Waals surface area contributed by atoms with Gasteiger partial charge in [0.15, 0.2) is 5.16 Å². The van der Waals surface area contributed by atoms with Crippen LogP contribution in [-0.4, -0.2) is 90.9 Å². The highest BCUT2D eigenvalue weighted by Crippen LogP contribution is 2.30. The Labute approximate surface area is 211 Å². The molecule has 5 rings (SSSR count). The molecule has 1 aromatic heterocycles. The van der Waals surface area contributed by atoms with E-state index >= 15 is 0 Å². The summed E-state index contributed by atoms with van der Waals surface area (Å²) in [7, 11) is -3.57. The average Bonchev–Trinajstić information content (AvgIpc) is 3.51. The van der Waals surface area contributed by atoms with Gasteiger partial charge in [0.2, 0.25) is 15.9 Å². The van der Waals surface area contributed by atoms with Crippen LogP contribution >= 0.6 is 11.8 Å². The Morgan fingerprint density at radius 3 is 2.71 bits per heavy atom. The number of carbonyl (C=O) groups is 1. The second kappa shape index (κ2) is 10.8. The van der Waals surface area contributed by atoms with E-state index in [0.717, 1.165) is 43.0 Å². The topological polar surface area (TPSA) is 94.0 Å². The molecule has 11 heteroatoms. The molecule has 2 aromatic rings. The first-order chi connectivity index (χ1) is 16.9. The second-order valence-electron chi connectivity index (χ2n) is 9.68. The number of piperidine rings is 1. The van der Waals surface area contributed by atoms with E-state index in [9.17, 15) is 13.2 Å². The molecular formula is C24H34N4O5S2. The third-order valence-electron chi connectivity index (χ3n) is 7.04. The van der Waals surface area contributed by atoms with Crippen molar-refractivity contribution in [1.82, 2.24) is 18.8 Å². The highest BCUT2D eigenvalue weighted by molar-refractivity contribution is 7.99. The van der Waals surface area contributed by atoms with Crippen molar-refractivity contribution in [3.8, 4) is 0 Å². The fraction of sp³-hybridized carbons (Fsp3) is 0.667. The number of morpholine rings is 1. The van der Waals surface area contributed by atoms with Crippen LogP contribution in [0.3, 0.4) is 0 Å².